The molecule has 4 N–H and O–H groups in total. The lowest BCUT2D eigenvalue weighted by Gasteiger charge is -2.35. The van der Waals surface area contributed by atoms with Crippen LogP contribution in [0.5, 0.6) is 0 Å². The van der Waals surface area contributed by atoms with Gasteiger partial charge < -0.3 is 26.0 Å². The second kappa shape index (κ2) is 15.4. The Balaban J connectivity index is 2.63. The van der Waals surface area contributed by atoms with E-state index in [1.54, 1.807) is 20.8 Å². The summed E-state index contributed by atoms with van der Waals surface area (Å²) in [5.41, 5.74) is 9.79. The highest BCUT2D eigenvalue weighted by Crippen LogP contribution is 2.29. The lowest BCUT2D eigenvalue weighted by atomic mass is 9.97. The van der Waals surface area contributed by atoms with E-state index in [0.29, 0.717) is 17.7 Å². The number of benzene rings is 2. The van der Waals surface area contributed by atoms with Crippen molar-refractivity contribution in [2.75, 3.05) is 11.9 Å². The van der Waals surface area contributed by atoms with Gasteiger partial charge in [-0.3, -0.25) is 14.4 Å². The molecule has 0 saturated heterocycles. The number of rotatable bonds is 13. The van der Waals surface area contributed by atoms with E-state index in [1.165, 1.54) is 4.90 Å². The number of unbranched alkanes of at least 4 members (excludes halogenated alkanes) is 3. The van der Waals surface area contributed by atoms with E-state index in [-0.39, 0.29) is 6.54 Å². The second-order valence-electron chi connectivity index (χ2n) is 12.0. The number of nitrogens with zero attached hydrogens (tertiary/aromatic N) is 1. The predicted molar refractivity (Wildman–Crippen MR) is 166 cm³/mol. The van der Waals surface area contributed by atoms with Gasteiger partial charge in [0.05, 0.1) is 6.42 Å². The molecule has 0 spiro atoms. The van der Waals surface area contributed by atoms with Gasteiger partial charge in [0.25, 0.3) is 5.91 Å². The SMILES string of the molecule is CCCCCCN(C(=O)C(CC(N)=O)NC(=O)OC(C)(C)C)C(C(=O)Nc1c(C)cccc1C)c1ccc(C)c(C)c1. The van der Waals surface area contributed by atoms with E-state index in [1.807, 2.05) is 64.1 Å². The summed E-state index contributed by atoms with van der Waals surface area (Å²) in [6, 6.07) is 9.06. The molecule has 0 aliphatic heterocycles. The first-order chi connectivity index (χ1) is 19.6. The molecule has 0 bridgehead atoms. The molecule has 2 aromatic carbocycles. The van der Waals surface area contributed by atoms with Crippen LogP contribution in [0.3, 0.4) is 0 Å². The minimum Gasteiger partial charge on any atom is -0.444 e. The van der Waals surface area contributed by atoms with Gasteiger partial charge >= 0.3 is 6.09 Å². The van der Waals surface area contributed by atoms with Crippen molar-refractivity contribution in [2.45, 2.75) is 105 Å². The standard InChI is InChI=1S/C33H48N4O5/c1-9-10-11-12-18-37(31(40)26(20-27(34)38)35-32(41)42-33(6,7)8)29(25-17-16-21(2)24(5)19-25)30(39)36-28-22(3)14-13-15-23(28)4/h13-17,19,26,29H,9-12,18,20H2,1-8H3,(H2,34,38)(H,35,41)(H,36,39). The van der Waals surface area contributed by atoms with Crippen molar-refractivity contribution in [3.8, 4) is 0 Å². The van der Waals surface area contributed by atoms with E-state index in [2.05, 4.69) is 17.6 Å². The van der Waals surface area contributed by atoms with Crippen molar-refractivity contribution in [3.63, 3.8) is 0 Å². The van der Waals surface area contributed by atoms with Crippen molar-refractivity contribution in [1.29, 1.82) is 0 Å². The Morgan fingerprint density at radius 3 is 2.10 bits per heavy atom. The summed E-state index contributed by atoms with van der Waals surface area (Å²) in [6.45, 7) is 15.2. The van der Waals surface area contributed by atoms with E-state index >= 15 is 0 Å². The third kappa shape index (κ3) is 10.2. The fourth-order valence-corrected chi connectivity index (χ4v) is 4.74. The van der Waals surface area contributed by atoms with Gasteiger partial charge in [-0.2, -0.15) is 0 Å². The summed E-state index contributed by atoms with van der Waals surface area (Å²) in [5.74, 6) is -1.75. The number of para-hydroxylation sites is 1. The molecule has 0 fully saturated rings. The Kier molecular flexibility index (Phi) is 12.6. The minimum atomic E-state index is -1.31. The van der Waals surface area contributed by atoms with Crippen molar-refractivity contribution in [2.24, 2.45) is 5.73 Å². The smallest absolute Gasteiger partial charge is 0.408 e. The molecule has 9 nitrogen and oxygen atoms in total. The maximum absolute atomic E-state index is 14.3. The number of ether oxygens (including phenoxy) is 1. The largest absolute Gasteiger partial charge is 0.444 e. The Labute approximate surface area is 250 Å². The lowest BCUT2D eigenvalue weighted by molar-refractivity contribution is -0.142. The summed E-state index contributed by atoms with van der Waals surface area (Å²) in [6.07, 6.45) is 2.14. The molecule has 2 aromatic rings. The van der Waals surface area contributed by atoms with Crippen LogP contribution >= 0.6 is 0 Å². The number of alkyl carbamates (subject to hydrolysis) is 1. The minimum absolute atomic E-state index is 0.238. The Morgan fingerprint density at radius 2 is 1.55 bits per heavy atom. The summed E-state index contributed by atoms with van der Waals surface area (Å²) >= 11 is 0. The summed E-state index contributed by atoms with van der Waals surface area (Å²) in [4.78, 5) is 54.7. The van der Waals surface area contributed by atoms with Crippen LogP contribution in [0.2, 0.25) is 0 Å². The Morgan fingerprint density at radius 1 is 0.905 bits per heavy atom. The van der Waals surface area contributed by atoms with Gasteiger partial charge in [-0.1, -0.05) is 62.6 Å². The summed E-state index contributed by atoms with van der Waals surface area (Å²) in [7, 11) is 0. The maximum atomic E-state index is 14.3. The first kappa shape index (κ1) is 34.3. The summed E-state index contributed by atoms with van der Waals surface area (Å²) in [5, 5.41) is 5.60. The van der Waals surface area contributed by atoms with Crippen LogP contribution in [-0.4, -0.2) is 46.9 Å². The molecule has 2 atom stereocenters. The molecule has 4 amide bonds. The van der Waals surface area contributed by atoms with Crippen LogP contribution in [0.1, 0.15) is 93.7 Å². The number of hydrogen-bond acceptors (Lipinski definition) is 5. The predicted octanol–water partition coefficient (Wildman–Crippen LogP) is 5.78. The van der Waals surface area contributed by atoms with Crippen LogP contribution in [-0.2, 0) is 19.1 Å². The van der Waals surface area contributed by atoms with Gasteiger partial charge in [-0.25, -0.2) is 4.79 Å². The monoisotopic (exact) mass is 580 g/mol. The third-order valence-corrected chi connectivity index (χ3v) is 7.07. The highest BCUT2D eigenvalue weighted by molar-refractivity contribution is 6.00. The van der Waals surface area contributed by atoms with Crippen LogP contribution in [0.4, 0.5) is 10.5 Å². The highest BCUT2D eigenvalue weighted by atomic mass is 16.6. The average molecular weight is 581 g/mol. The number of hydrogen-bond donors (Lipinski definition) is 3. The fraction of sp³-hybridized carbons (Fsp3) is 0.515. The number of aryl methyl sites for hydroxylation is 4. The highest BCUT2D eigenvalue weighted by Gasteiger charge is 2.37. The van der Waals surface area contributed by atoms with E-state index < -0.39 is 47.9 Å². The molecule has 0 radical (unpaired) electrons. The fourth-order valence-electron chi connectivity index (χ4n) is 4.74. The van der Waals surface area contributed by atoms with Gasteiger partial charge in [-0.15, -0.1) is 0 Å². The second-order valence-corrected chi connectivity index (χ2v) is 12.0. The van der Waals surface area contributed by atoms with Crippen molar-refractivity contribution < 1.29 is 23.9 Å². The van der Waals surface area contributed by atoms with Crippen LogP contribution in [0.25, 0.3) is 0 Å². The number of primary amides is 1. The van der Waals surface area contributed by atoms with Gasteiger partial charge in [0.2, 0.25) is 11.8 Å². The maximum Gasteiger partial charge on any atom is 0.408 e. The normalized spacial score (nSPS) is 12.7. The zero-order chi connectivity index (χ0) is 31.6. The molecule has 2 unspecified atom stereocenters. The topological polar surface area (TPSA) is 131 Å². The first-order valence-corrected chi connectivity index (χ1v) is 14.7. The molecule has 0 aromatic heterocycles. The molecule has 0 aliphatic rings. The van der Waals surface area contributed by atoms with Gasteiger partial charge in [-0.05, 0) is 82.7 Å². The number of carbonyl (C=O) groups excluding carboxylic acids is 4. The molecule has 230 valence electrons. The van der Waals surface area contributed by atoms with E-state index in [9.17, 15) is 19.2 Å². The quantitative estimate of drug-likeness (QED) is 0.259. The van der Waals surface area contributed by atoms with Crippen molar-refractivity contribution >= 4 is 29.5 Å². The van der Waals surface area contributed by atoms with Crippen molar-refractivity contribution in [1.82, 2.24) is 10.2 Å². The molecule has 42 heavy (non-hydrogen) atoms. The molecular weight excluding hydrogens is 532 g/mol. The zero-order valence-electron chi connectivity index (χ0n) is 26.4. The number of nitrogens with one attached hydrogen (secondary N) is 2. The number of nitrogens with two attached hydrogens (primary N) is 1. The number of carbonyl (C=O) groups is 4. The van der Waals surface area contributed by atoms with Crippen LogP contribution in [0, 0.1) is 27.7 Å². The van der Waals surface area contributed by atoms with Gasteiger partial charge in [0.1, 0.15) is 17.7 Å². The van der Waals surface area contributed by atoms with Crippen LogP contribution in [0.15, 0.2) is 36.4 Å². The van der Waals surface area contributed by atoms with Gasteiger partial charge in [0, 0.05) is 12.2 Å². The van der Waals surface area contributed by atoms with Crippen LogP contribution < -0.4 is 16.4 Å². The number of amides is 4. The first-order valence-electron chi connectivity index (χ1n) is 14.7. The van der Waals surface area contributed by atoms with E-state index in [0.717, 1.165) is 41.5 Å². The summed E-state index contributed by atoms with van der Waals surface area (Å²) < 4.78 is 5.37. The van der Waals surface area contributed by atoms with Crippen molar-refractivity contribution in [3.05, 3.63) is 64.2 Å². The number of anilines is 1. The molecule has 0 aliphatic carbocycles. The molecule has 0 saturated carbocycles. The van der Waals surface area contributed by atoms with E-state index in [4.69, 9.17) is 10.5 Å². The molecular formula is C33H48N4O5. The van der Waals surface area contributed by atoms with Gasteiger partial charge in [0.15, 0.2) is 0 Å². The third-order valence-electron chi connectivity index (χ3n) is 7.07. The Bertz CT molecular complexity index is 1250. The lowest BCUT2D eigenvalue weighted by Crippen LogP contribution is -2.53. The Hall–Kier alpha value is -3.88. The zero-order valence-corrected chi connectivity index (χ0v) is 26.4. The average Bonchev–Trinajstić information content (AvgIpc) is 2.87. The molecule has 0 heterocycles. The molecule has 2 rings (SSSR count). The molecule has 9 heteroatoms.